The van der Waals surface area contributed by atoms with E-state index in [2.05, 4.69) is 37.7 Å². The van der Waals surface area contributed by atoms with Crippen LogP contribution in [0.1, 0.15) is 29.7 Å². The highest BCUT2D eigenvalue weighted by molar-refractivity contribution is 7.11. The van der Waals surface area contributed by atoms with Crippen LogP contribution in [0.2, 0.25) is 0 Å². The number of thiazole rings is 1. The summed E-state index contributed by atoms with van der Waals surface area (Å²) < 4.78 is 1.99. The monoisotopic (exact) mass is 335 g/mol. The van der Waals surface area contributed by atoms with Crippen LogP contribution in [0, 0.1) is 0 Å². The molecule has 0 saturated carbocycles. The average Bonchev–Trinajstić information content (AvgIpc) is 3.24. The van der Waals surface area contributed by atoms with E-state index in [9.17, 15) is 0 Å². The first kappa shape index (κ1) is 17.4. The van der Waals surface area contributed by atoms with Crippen LogP contribution in [0.5, 0.6) is 0 Å². The maximum absolute atomic E-state index is 4.43. The fourth-order valence-corrected chi connectivity index (χ4v) is 2.96. The summed E-state index contributed by atoms with van der Waals surface area (Å²) in [4.78, 5) is 10.0. The molecule has 2 rings (SSSR count). The molecule has 0 radical (unpaired) electrons. The lowest BCUT2D eigenvalue weighted by Crippen LogP contribution is -2.38. The fourth-order valence-electron chi connectivity index (χ4n) is 2.10. The van der Waals surface area contributed by atoms with Crippen LogP contribution in [0.25, 0.3) is 0 Å². The van der Waals surface area contributed by atoms with Gasteiger partial charge in [0.25, 0.3) is 0 Å². The number of hydrogen-bond acceptors (Lipinski definition) is 5. The number of rotatable bonds is 9. The molecule has 0 unspecified atom stereocenters. The minimum atomic E-state index is 0.844. The first-order chi connectivity index (χ1) is 11.3. The Labute approximate surface area is 141 Å². The second-order valence-corrected chi connectivity index (χ2v) is 6.36. The third-order valence-electron chi connectivity index (χ3n) is 3.41. The zero-order chi connectivity index (χ0) is 16.3. The van der Waals surface area contributed by atoms with Crippen molar-refractivity contribution in [1.29, 1.82) is 0 Å². The molecule has 0 amide bonds. The molecule has 0 spiro atoms. The zero-order valence-corrected chi connectivity index (χ0v) is 14.6. The quantitative estimate of drug-likeness (QED) is 0.412. The van der Waals surface area contributed by atoms with Gasteiger partial charge in [-0.1, -0.05) is 6.92 Å². The van der Waals surface area contributed by atoms with Gasteiger partial charge >= 0.3 is 0 Å². The van der Waals surface area contributed by atoms with E-state index in [1.165, 1.54) is 9.88 Å². The molecular weight excluding hydrogens is 310 g/mol. The number of unbranched alkanes of at least 4 members (excludes halogenated alkanes) is 1. The van der Waals surface area contributed by atoms with Crippen molar-refractivity contribution in [1.82, 2.24) is 30.4 Å². The van der Waals surface area contributed by atoms with Crippen molar-refractivity contribution in [3.63, 3.8) is 0 Å². The van der Waals surface area contributed by atoms with Gasteiger partial charge in [-0.3, -0.25) is 4.99 Å². The molecule has 0 aliphatic carbocycles. The van der Waals surface area contributed by atoms with E-state index in [1.54, 1.807) is 31.0 Å². The van der Waals surface area contributed by atoms with Crippen molar-refractivity contribution in [2.75, 3.05) is 20.1 Å². The van der Waals surface area contributed by atoms with E-state index in [0.29, 0.717) is 0 Å². The predicted molar refractivity (Wildman–Crippen MR) is 93.8 cm³/mol. The van der Waals surface area contributed by atoms with Crippen molar-refractivity contribution < 1.29 is 0 Å². The van der Waals surface area contributed by atoms with Crippen LogP contribution >= 0.6 is 11.3 Å². The van der Waals surface area contributed by atoms with Crippen LogP contribution in [-0.2, 0) is 19.4 Å². The topological polar surface area (TPSA) is 80.0 Å². The molecule has 2 aromatic rings. The van der Waals surface area contributed by atoms with Crippen molar-refractivity contribution >= 4 is 17.3 Å². The summed E-state index contributed by atoms with van der Waals surface area (Å²) >= 11 is 1.79. The van der Waals surface area contributed by atoms with Crippen LogP contribution in [-0.4, -0.2) is 45.8 Å². The molecule has 126 valence electrons. The van der Waals surface area contributed by atoms with Crippen LogP contribution < -0.4 is 10.6 Å². The third-order valence-corrected chi connectivity index (χ3v) is 4.61. The molecule has 0 aliphatic heterocycles. The molecule has 7 nitrogen and oxygen atoms in total. The number of nitrogens with one attached hydrogen (secondary N) is 2. The largest absolute Gasteiger partial charge is 0.356 e. The van der Waals surface area contributed by atoms with Crippen molar-refractivity contribution in [3.8, 4) is 0 Å². The Morgan fingerprint density at radius 2 is 2.00 bits per heavy atom. The first-order valence-corrected chi connectivity index (χ1v) is 8.84. The lowest BCUT2D eigenvalue weighted by molar-refractivity contribution is 0.597. The summed E-state index contributed by atoms with van der Waals surface area (Å²) in [6, 6.07) is 0. The number of guanidine groups is 1. The molecule has 8 heteroatoms. The third kappa shape index (κ3) is 6.35. The molecule has 0 atom stereocenters. The Morgan fingerprint density at radius 1 is 1.22 bits per heavy atom. The van der Waals surface area contributed by atoms with E-state index in [0.717, 1.165) is 51.3 Å². The van der Waals surface area contributed by atoms with Gasteiger partial charge in [0.15, 0.2) is 5.96 Å². The molecule has 2 heterocycles. The Kier molecular flexibility index (Phi) is 7.51. The number of aromatic nitrogens is 4. The summed E-state index contributed by atoms with van der Waals surface area (Å²) in [5.41, 5.74) is 0. The Balaban J connectivity index is 1.56. The SMILES string of the molecule is CCc1cnc(CCNC(=NC)NCCCCn2cnnc2)s1. The Hall–Kier alpha value is -1.96. The van der Waals surface area contributed by atoms with E-state index in [-0.39, 0.29) is 0 Å². The highest BCUT2D eigenvalue weighted by atomic mass is 32.1. The maximum atomic E-state index is 4.43. The molecule has 0 aromatic carbocycles. The molecule has 2 aromatic heterocycles. The highest BCUT2D eigenvalue weighted by Crippen LogP contribution is 2.13. The number of nitrogens with zero attached hydrogens (tertiary/aromatic N) is 5. The normalized spacial score (nSPS) is 11.7. The van der Waals surface area contributed by atoms with E-state index < -0.39 is 0 Å². The van der Waals surface area contributed by atoms with Crippen LogP contribution in [0.4, 0.5) is 0 Å². The Morgan fingerprint density at radius 3 is 2.70 bits per heavy atom. The minimum Gasteiger partial charge on any atom is -0.356 e. The number of aliphatic imine (C=N–C) groups is 1. The smallest absolute Gasteiger partial charge is 0.190 e. The molecule has 0 saturated heterocycles. The summed E-state index contributed by atoms with van der Waals surface area (Å²) in [7, 11) is 1.80. The first-order valence-electron chi connectivity index (χ1n) is 8.02. The van der Waals surface area contributed by atoms with Gasteiger partial charge in [-0.2, -0.15) is 0 Å². The van der Waals surface area contributed by atoms with Gasteiger partial charge in [0.1, 0.15) is 12.7 Å². The summed E-state index contributed by atoms with van der Waals surface area (Å²) in [5.74, 6) is 0.849. The highest BCUT2D eigenvalue weighted by Gasteiger charge is 2.02. The van der Waals surface area contributed by atoms with Crippen molar-refractivity contribution in [2.45, 2.75) is 39.2 Å². The zero-order valence-electron chi connectivity index (χ0n) is 13.8. The lowest BCUT2D eigenvalue weighted by Gasteiger charge is -2.11. The molecule has 2 N–H and O–H groups in total. The molecule has 0 aliphatic rings. The van der Waals surface area contributed by atoms with Crippen LogP contribution in [0.15, 0.2) is 23.8 Å². The predicted octanol–water partition coefficient (Wildman–Crippen LogP) is 1.48. The van der Waals surface area contributed by atoms with Gasteiger partial charge < -0.3 is 15.2 Å². The average molecular weight is 335 g/mol. The fraction of sp³-hybridized carbons (Fsp3) is 0.600. The van der Waals surface area contributed by atoms with Crippen molar-refractivity contribution in [3.05, 3.63) is 28.7 Å². The van der Waals surface area contributed by atoms with E-state index in [4.69, 9.17) is 0 Å². The summed E-state index contributed by atoms with van der Waals surface area (Å²) in [6.07, 6.45) is 9.62. The van der Waals surface area contributed by atoms with E-state index in [1.807, 2.05) is 10.8 Å². The molecular formula is C15H25N7S. The standard InChI is InChI=1S/C15H25N7S/c1-3-13-10-19-14(23-13)6-8-18-15(16-2)17-7-4-5-9-22-11-20-21-12-22/h10-12H,3-9H2,1-2H3,(H2,16,17,18). The van der Waals surface area contributed by atoms with Gasteiger partial charge in [-0.05, 0) is 19.3 Å². The van der Waals surface area contributed by atoms with Gasteiger partial charge in [0.2, 0.25) is 0 Å². The van der Waals surface area contributed by atoms with E-state index >= 15 is 0 Å². The minimum absolute atomic E-state index is 0.844. The summed E-state index contributed by atoms with van der Waals surface area (Å²) in [5, 5.41) is 15.4. The maximum Gasteiger partial charge on any atom is 0.190 e. The summed E-state index contributed by atoms with van der Waals surface area (Å²) in [6.45, 7) is 4.85. The van der Waals surface area contributed by atoms with Crippen molar-refractivity contribution in [2.24, 2.45) is 4.99 Å². The second-order valence-electron chi connectivity index (χ2n) is 5.16. The van der Waals surface area contributed by atoms with Gasteiger partial charge in [-0.25, -0.2) is 4.98 Å². The Bertz CT molecular complexity index is 576. The molecule has 23 heavy (non-hydrogen) atoms. The second kappa shape index (κ2) is 9.94. The lowest BCUT2D eigenvalue weighted by atomic mass is 10.3. The number of hydrogen-bond donors (Lipinski definition) is 2. The van der Waals surface area contributed by atoms with Gasteiger partial charge in [0.05, 0.1) is 5.01 Å². The number of aryl methyl sites for hydroxylation is 2. The van der Waals surface area contributed by atoms with Gasteiger partial charge in [0, 0.05) is 44.2 Å². The molecule has 0 bridgehead atoms. The van der Waals surface area contributed by atoms with Crippen LogP contribution in [0.3, 0.4) is 0 Å². The van der Waals surface area contributed by atoms with Gasteiger partial charge in [-0.15, -0.1) is 21.5 Å². The molecule has 0 fully saturated rings.